The second-order valence-electron chi connectivity index (χ2n) is 5.34. The van der Waals surface area contributed by atoms with Crippen molar-refractivity contribution in [1.82, 2.24) is 9.97 Å². The van der Waals surface area contributed by atoms with Crippen molar-refractivity contribution in [3.63, 3.8) is 0 Å². The quantitative estimate of drug-likeness (QED) is 0.621. The van der Waals surface area contributed by atoms with Crippen LogP contribution in [0.3, 0.4) is 0 Å². The Morgan fingerprint density at radius 3 is 2.48 bits per heavy atom. The van der Waals surface area contributed by atoms with Gasteiger partial charge in [0.15, 0.2) is 0 Å². The first-order valence-corrected chi connectivity index (χ1v) is 7.99. The number of methoxy groups -OCH3 is 1. The van der Waals surface area contributed by atoms with E-state index in [1.165, 1.54) is 19.5 Å². The number of hydrogen-bond acceptors (Lipinski definition) is 7. The van der Waals surface area contributed by atoms with Gasteiger partial charge in [-0.05, 0) is 12.1 Å². The zero-order chi connectivity index (χ0) is 19.1. The topological polar surface area (TPSA) is 94.3 Å². The molecular weight excluding hydrogens is 346 g/mol. The number of carbonyl (C=O) groups excluding carboxylic acids is 1. The van der Waals surface area contributed by atoms with Crippen molar-refractivity contribution in [2.75, 3.05) is 7.11 Å². The van der Waals surface area contributed by atoms with Crippen molar-refractivity contribution in [3.05, 3.63) is 78.1 Å². The summed E-state index contributed by atoms with van der Waals surface area (Å²) in [7, 11) is 1.29. The van der Waals surface area contributed by atoms with E-state index in [0.29, 0.717) is 16.9 Å². The summed E-state index contributed by atoms with van der Waals surface area (Å²) in [6.45, 7) is 0. The molecule has 1 unspecified atom stereocenters. The van der Waals surface area contributed by atoms with Gasteiger partial charge in [0.2, 0.25) is 17.9 Å². The Kier molecular flexibility index (Phi) is 5.60. The Morgan fingerprint density at radius 1 is 1.04 bits per heavy atom. The van der Waals surface area contributed by atoms with Gasteiger partial charge in [0.05, 0.1) is 18.7 Å². The highest BCUT2D eigenvalue weighted by atomic mass is 16.6. The van der Waals surface area contributed by atoms with Crippen LogP contribution in [0.15, 0.2) is 67.0 Å². The van der Waals surface area contributed by atoms with Crippen LogP contribution in [0.25, 0.3) is 0 Å². The third kappa shape index (κ3) is 4.38. The lowest BCUT2D eigenvalue weighted by atomic mass is 10.1. The predicted octanol–water partition coefficient (Wildman–Crippen LogP) is 3.43. The first kappa shape index (κ1) is 17.9. The standard InChI is InChI=1S/C20H15N3O4/c1-25-20(24)19(14-7-3-2-4-8-14)27-18-11-17(22-13-23-18)26-16-10-6-5-9-15(16)12-21/h2-11,13,19H,1H3. The number of aromatic nitrogens is 2. The Morgan fingerprint density at radius 2 is 1.74 bits per heavy atom. The van der Waals surface area contributed by atoms with Crippen molar-refractivity contribution in [2.24, 2.45) is 0 Å². The van der Waals surface area contributed by atoms with Gasteiger partial charge in [0, 0.05) is 5.56 Å². The second-order valence-corrected chi connectivity index (χ2v) is 5.34. The number of ether oxygens (including phenoxy) is 3. The van der Waals surface area contributed by atoms with Crippen molar-refractivity contribution in [3.8, 4) is 23.6 Å². The van der Waals surface area contributed by atoms with Gasteiger partial charge < -0.3 is 14.2 Å². The van der Waals surface area contributed by atoms with Gasteiger partial charge in [-0.15, -0.1) is 0 Å². The monoisotopic (exact) mass is 361 g/mol. The highest BCUT2D eigenvalue weighted by Gasteiger charge is 2.24. The van der Waals surface area contributed by atoms with Gasteiger partial charge >= 0.3 is 5.97 Å². The molecule has 0 amide bonds. The molecule has 0 bridgehead atoms. The van der Waals surface area contributed by atoms with E-state index >= 15 is 0 Å². The van der Waals surface area contributed by atoms with E-state index in [9.17, 15) is 4.79 Å². The number of rotatable bonds is 6. The van der Waals surface area contributed by atoms with Gasteiger partial charge in [-0.3, -0.25) is 0 Å². The van der Waals surface area contributed by atoms with Crippen LogP contribution >= 0.6 is 0 Å². The molecule has 0 fully saturated rings. The van der Waals surface area contributed by atoms with Crippen LogP contribution in [0.5, 0.6) is 17.5 Å². The first-order valence-electron chi connectivity index (χ1n) is 7.99. The fraction of sp³-hybridized carbons (Fsp3) is 0.100. The Bertz CT molecular complexity index is 970. The Hall–Kier alpha value is -3.92. The van der Waals surface area contributed by atoms with Crippen molar-refractivity contribution in [2.45, 2.75) is 6.10 Å². The third-order valence-electron chi connectivity index (χ3n) is 3.60. The molecule has 0 N–H and O–H groups in total. The summed E-state index contributed by atoms with van der Waals surface area (Å²) < 4.78 is 16.2. The van der Waals surface area contributed by atoms with Crippen molar-refractivity contribution >= 4 is 5.97 Å². The normalized spacial score (nSPS) is 11.1. The number of esters is 1. The summed E-state index contributed by atoms with van der Waals surface area (Å²) in [5.41, 5.74) is 0.996. The maximum Gasteiger partial charge on any atom is 0.351 e. The van der Waals surface area contributed by atoms with Crippen LogP contribution in [-0.4, -0.2) is 23.0 Å². The number of para-hydroxylation sites is 1. The minimum Gasteiger partial charge on any atom is -0.466 e. The minimum absolute atomic E-state index is 0.133. The average molecular weight is 361 g/mol. The zero-order valence-corrected chi connectivity index (χ0v) is 14.4. The molecule has 7 heteroatoms. The van der Waals surface area contributed by atoms with E-state index in [-0.39, 0.29) is 11.8 Å². The number of benzene rings is 2. The van der Waals surface area contributed by atoms with Crippen LogP contribution in [0.4, 0.5) is 0 Å². The van der Waals surface area contributed by atoms with E-state index in [2.05, 4.69) is 9.97 Å². The highest BCUT2D eigenvalue weighted by Crippen LogP contribution is 2.27. The minimum atomic E-state index is -0.981. The number of carbonyl (C=O) groups is 1. The lowest BCUT2D eigenvalue weighted by Crippen LogP contribution is -2.20. The largest absolute Gasteiger partial charge is 0.466 e. The SMILES string of the molecule is COC(=O)C(Oc1cc(Oc2ccccc2C#N)ncn1)c1ccccc1. The molecule has 0 saturated heterocycles. The summed E-state index contributed by atoms with van der Waals surface area (Å²) in [6, 6.07) is 19.2. The summed E-state index contributed by atoms with van der Waals surface area (Å²) >= 11 is 0. The van der Waals surface area contributed by atoms with E-state index in [1.807, 2.05) is 12.1 Å². The molecule has 0 aliphatic rings. The van der Waals surface area contributed by atoms with Gasteiger partial charge in [-0.1, -0.05) is 42.5 Å². The molecule has 1 heterocycles. The lowest BCUT2D eigenvalue weighted by Gasteiger charge is -2.16. The smallest absolute Gasteiger partial charge is 0.351 e. The predicted molar refractivity (Wildman–Crippen MR) is 95.1 cm³/mol. The maximum atomic E-state index is 12.1. The van der Waals surface area contributed by atoms with Gasteiger partial charge in [0.25, 0.3) is 0 Å². The van der Waals surface area contributed by atoms with Crippen LogP contribution < -0.4 is 9.47 Å². The molecular formula is C20H15N3O4. The van der Waals surface area contributed by atoms with E-state index in [0.717, 1.165) is 0 Å². The highest BCUT2D eigenvalue weighted by molar-refractivity contribution is 5.76. The summed E-state index contributed by atoms with van der Waals surface area (Å²) in [4.78, 5) is 20.2. The Balaban J connectivity index is 1.84. The molecule has 0 saturated carbocycles. The maximum absolute atomic E-state index is 12.1. The molecule has 0 spiro atoms. The van der Waals surface area contributed by atoms with Crippen LogP contribution in [-0.2, 0) is 9.53 Å². The number of hydrogen-bond donors (Lipinski definition) is 0. The number of nitrogens with zero attached hydrogens (tertiary/aromatic N) is 3. The molecule has 3 aromatic rings. The van der Waals surface area contributed by atoms with Crippen molar-refractivity contribution in [1.29, 1.82) is 5.26 Å². The third-order valence-corrected chi connectivity index (χ3v) is 3.60. The zero-order valence-electron chi connectivity index (χ0n) is 14.4. The second kappa shape index (κ2) is 8.45. The molecule has 1 atom stereocenters. The summed E-state index contributed by atoms with van der Waals surface area (Å²) in [6.07, 6.45) is 0.268. The summed E-state index contributed by atoms with van der Waals surface area (Å²) in [5, 5.41) is 9.15. The van der Waals surface area contributed by atoms with Gasteiger partial charge in [0.1, 0.15) is 18.1 Å². The average Bonchev–Trinajstić information content (AvgIpc) is 2.73. The molecule has 27 heavy (non-hydrogen) atoms. The molecule has 1 aromatic heterocycles. The summed E-state index contributed by atoms with van der Waals surface area (Å²) in [5.74, 6) is 0.113. The molecule has 0 radical (unpaired) electrons. The van der Waals surface area contributed by atoms with E-state index in [1.54, 1.807) is 48.5 Å². The Labute approximate surface area is 155 Å². The molecule has 2 aromatic carbocycles. The van der Waals surface area contributed by atoms with E-state index in [4.69, 9.17) is 19.5 Å². The fourth-order valence-corrected chi connectivity index (χ4v) is 2.31. The fourth-order valence-electron chi connectivity index (χ4n) is 2.31. The molecule has 134 valence electrons. The van der Waals surface area contributed by atoms with E-state index < -0.39 is 12.1 Å². The lowest BCUT2D eigenvalue weighted by molar-refractivity contribution is -0.149. The van der Waals surface area contributed by atoms with Crippen LogP contribution in [0.1, 0.15) is 17.2 Å². The molecule has 0 aliphatic heterocycles. The molecule has 3 rings (SSSR count). The van der Waals surface area contributed by atoms with Crippen LogP contribution in [0, 0.1) is 11.3 Å². The molecule has 0 aliphatic carbocycles. The van der Waals surface area contributed by atoms with Gasteiger partial charge in [-0.25, -0.2) is 14.8 Å². The first-order chi connectivity index (χ1) is 13.2. The number of nitriles is 1. The van der Waals surface area contributed by atoms with Crippen molar-refractivity contribution < 1.29 is 19.0 Å². The van der Waals surface area contributed by atoms with Gasteiger partial charge in [-0.2, -0.15) is 5.26 Å². The van der Waals surface area contributed by atoms with Crippen LogP contribution in [0.2, 0.25) is 0 Å². The molecule has 7 nitrogen and oxygen atoms in total.